The Morgan fingerprint density at radius 2 is 1.68 bits per heavy atom. The predicted molar refractivity (Wildman–Crippen MR) is 164 cm³/mol. The van der Waals surface area contributed by atoms with E-state index < -0.39 is 5.97 Å². The molecule has 40 heavy (non-hydrogen) atoms. The van der Waals surface area contributed by atoms with E-state index in [2.05, 4.69) is 22.6 Å². The fourth-order valence-electron chi connectivity index (χ4n) is 4.16. The van der Waals surface area contributed by atoms with Crippen LogP contribution in [0.5, 0.6) is 17.2 Å². The van der Waals surface area contributed by atoms with Gasteiger partial charge in [0.15, 0.2) is 11.5 Å². The van der Waals surface area contributed by atoms with Crippen LogP contribution in [0, 0.1) is 3.57 Å². The van der Waals surface area contributed by atoms with Gasteiger partial charge < -0.3 is 14.2 Å². The smallest absolute Gasteiger partial charge is 0.344 e. The van der Waals surface area contributed by atoms with Gasteiger partial charge in [-0.2, -0.15) is 0 Å². The average molecular weight is 666 g/mol. The van der Waals surface area contributed by atoms with E-state index in [9.17, 15) is 14.4 Å². The lowest BCUT2D eigenvalue weighted by atomic mass is 10.1. The fraction of sp³-hybridized carbons (Fsp3) is 0.129. The summed E-state index contributed by atoms with van der Waals surface area (Å²) in [4.78, 5) is 39.9. The van der Waals surface area contributed by atoms with Gasteiger partial charge in [0.05, 0.1) is 23.6 Å². The van der Waals surface area contributed by atoms with Crippen molar-refractivity contribution < 1.29 is 28.6 Å². The van der Waals surface area contributed by atoms with Gasteiger partial charge in [0.2, 0.25) is 0 Å². The molecule has 0 spiro atoms. The second-order valence-corrected chi connectivity index (χ2v) is 10.8. The lowest BCUT2D eigenvalue weighted by Gasteiger charge is -2.14. The van der Waals surface area contributed by atoms with Gasteiger partial charge in [0.1, 0.15) is 12.4 Å². The van der Waals surface area contributed by atoms with Crippen molar-refractivity contribution in [2.75, 3.05) is 19.8 Å². The normalized spacial score (nSPS) is 14.2. The molecule has 4 aromatic rings. The lowest BCUT2D eigenvalue weighted by molar-refractivity contribution is -0.123. The molecule has 0 radical (unpaired) electrons. The van der Waals surface area contributed by atoms with Crippen LogP contribution in [-0.4, -0.2) is 41.8 Å². The number of imide groups is 1. The van der Waals surface area contributed by atoms with Crippen LogP contribution in [0.4, 0.5) is 4.79 Å². The van der Waals surface area contributed by atoms with E-state index in [0.29, 0.717) is 34.1 Å². The first-order valence-electron chi connectivity index (χ1n) is 12.5. The molecule has 0 aromatic heterocycles. The topological polar surface area (TPSA) is 82.1 Å². The number of nitrogens with zero attached hydrogens (tertiary/aromatic N) is 1. The molecule has 0 atom stereocenters. The van der Waals surface area contributed by atoms with Gasteiger partial charge in [0, 0.05) is 8.96 Å². The molecule has 5 rings (SSSR count). The molecule has 4 aromatic carbocycles. The highest BCUT2D eigenvalue weighted by atomic mass is 127. The van der Waals surface area contributed by atoms with E-state index in [0.717, 1.165) is 26.1 Å². The highest BCUT2D eigenvalue weighted by Crippen LogP contribution is 2.35. The molecule has 0 saturated carbocycles. The summed E-state index contributed by atoms with van der Waals surface area (Å²) in [6.07, 6.45) is 1.63. The molecule has 1 fully saturated rings. The molecule has 9 heteroatoms. The third-order valence-electron chi connectivity index (χ3n) is 6.06. The van der Waals surface area contributed by atoms with Gasteiger partial charge in [-0.3, -0.25) is 14.5 Å². The Hall–Kier alpha value is -3.83. The predicted octanol–water partition coefficient (Wildman–Crippen LogP) is 7.18. The Balaban J connectivity index is 1.27. The van der Waals surface area contributed by atoms with Gasteiger partial charge in [-0.05, 0) is 88.6 Å². The Morgan fingerprint density at radius 3 is 2.50 bits per heavy atom. The number of halogens is 1. The molecule has 1 saturated heterocycles. The number of amides is 2. The zero-order valence-corrected chi connectivity index (χ0v) is 24.4. The minimum absolute atomic E-state index is 0.128. The standard InChI is InChI=1S/C31H24INO6S/c1-2-37-27-18-20(14-15-26(27)39-30(35)23-11-5-6-12-24(23)32)19-28-29(34)33(31(36)40-28)16-17-38-25-13-7-9-21-8-3-4-10-22(21)25/h3-15,18-19H,2,16-17H2,1H3/b28-19-. The summed E-state index contributed by atoms with van der Waals surface area (Å²) in [6.45, 7) is 2.48. The molecule has 7 nitrogen and oxygen atoms in total. The van der Waals surface area contributed by atoms with Crippen molar-refractivity contribution in [1.29, 1.82) is 0 Å². The van der Waals surface area contributed by atoms with Gasteiger partial charge in [-0.1, -0.05) is 54.6 Å². The first kappa shape index (κ1) is 27.7. The number of rotatable bonds is 9. The van der Waals surface area contributed by atoms with Crippen LogP contribution in [-0.2, 0) is 4.79 Å². The fourth-order valence-corrected chi connectivity index (χ4v) is 5.63. The second-order valence-electron chi connectivity index (χ2n) is 8.67. The molecule has 0 aliphatic carbocycles. The summed E-state index contributed by atoms with van der Waals surface area (Å²) in [5, 5.41) is 1.67. The van der Waals surface area contributed by atoms with Crippen molar-refractivity contribution in [3.63, 3.8) is 0 Å². The molecular weight excluding hydrogens is 641 g/mol. The Kier molecular flexibility index (Phi) is 8.71. The Morgan fingerprint density at radius 1 is 0.900 bits per heavy atom. The van der Waals surface area contributed by atoms with Crippen molar-refractivity contribution in [3.8, 4) is 17.2 Å². The second kappa shape index (κ2) is 12.6. The van der Waals surface area contributed by atoms with Crippen LogP contribution in [0.25, 0.3) is 16.8 Å². The number of fused-ring (bicyclic) bond motifs is 1. The third-order valence-corrected chi connectivity index (χ3v) is 7.91. The number of carbonyl (C=O) groups is 3. The molecule has 1 aliphatic heterocycles. The molecule has 2 amide bonds. The molecule has 0 N–H and O–H groups in total. The summed E-state index contributed by atoms with van der Waals surface area (Å²) in [5.41, 5.74) is 1.09. The molecule has 0 bridgehead atoms. The maximum absolute atomic E-state index is 13.0. The zero-order chi connectivity index (χ0) is 28.1. The number of hydrogen-bond donors (Lipinski definition) is 0. The average Bonchev–Trinajstić information content (AvgIpc) is 3.22. The lowest BCUT2D eigenvalue weighted by Crippen LogP contribution is -2.32. The summed E-state index contributed by atoms with van der Waals surface area (Å²) in [7, 11) is 0. The molecule has 1 heterocycles. The van der Waals surface area contributed by atoms with Gasteiger partial charge in [-0.25, -0.2) is 4.79 Å². The van der Waals surface area contributed by atoms with Crippen molar-refractivity contribution in [1.82, 2.24) is 4.90 Å². The monoisotopic (exact) mass is 665 g/mol. The quantitative estimate of drug-likeness (QED) is 0.0811. The van der Waals surface area contributed by atoms with Crippen LogP contribution >= 0.6 is 34.4 Å². The third kappa shape index (κ3) is 6.15. The van der Waals surface area contributed by atoms with Crippen molar-refractivity contribution in [3.05, 3.63) is 105 Å². The minimum Gasteiger partial charge on any atom is -0.491 e. The Bertz CT molecular complexity index is 1630. The number of benzene rings is 4. The summed E-state index contributed by atoms with van der Waals surface area (Å²) in [6, 6.07) is 25.8. The van der Waals surface area contributed by atoms with E-state index in [4.69, 9.17) is 14.2 Å². The number of esters is 1. The van der Waals surface area contributed by atoms with Crippen molar-refractivity contribution in [2.24, 2.45) is 0 Å². The maximum Gasteiger partial charge on any atom is 0.344 e. The van der Waals surface area contributed by atoms with Gasteiger partial charge in [-0.15, -0.1) is 0 Å². The maximum atomic E-state index is 13.0. The highest BCUT2D eigenvalue weighted by molar-refractivity contribution is 14.1. The summed E-state index contributed by atoms with van der Waals surface area (Å²) >= 11 is 2.96. The van der Waals surface area contributed by atoms with Gasteiger partial charge >= 0.3 is 5.97 Å². The summed E-state index contributed by atoms with van der Waals surface area (Å²) in [5.74, 6) is 0.446. The molecule has 1 aliphatic rings. The van der Waals surface area contributed by atoms with Crippen LogP contribution < -0.4 is 14.2 Å². The van der Waals surface area contributed by atoms with E-state index in [1.807, 2.05) is 61.5 Å². The first-order chi connectivity index (χ1) is 19.4. The van der Waals surface area contributed by atoms with E-state index in [1.54, 1.807) is 36.4 Å². The number of ether oxygens (including phenoxy) is 3. The van der Waals surface area contributed by atoms with Crippen LogP contribution in [0.15, 0.2) is 89.8 Å². The zero-order valence-electron chi connectivity index (χ0n) is 21.5. The van der Waals surface area contributed by atoms with Crippen molar-refractivity contribution in [2.45, 2.75) is 6.92 Å². The Labute approximate surface area is 249 Å². The van der Waals surface area contributed by atoms with Gasteiger partial charge in [0.25, 0.3) is 11.1 Å². The SMILES string of the molecule is CCOc1cc(/C=C2\SC(=O)N(CCOc3cccc4ccccc34)C2=O)ccc1OC(=O)c1ccccc1I. The first-order valence-corrected chi connectivity index (χ1v) is 14.4. The van der Waals surface area contributed by atoms with E-state index in [1.165, 1.54) is 4.90 Å². The number of thioether (sulfide) groups is 1. The minimum atomic E-state index is -0.495. The number of carbonyl (C=O) groups excluding carboxylic acids is 3. The van der Waals surface area contributed by atoms with Crippen molar-refractivity contribution >= 4 is 68.3 Å². The largest absolute Gasteiger partial charge is 0.491 e. The van der Waals surface area contributed by atoms with E-state index in [-0.39, 0.29) is 30.0 Å². The number of hydrogen-bond acceptors (Lipinski definition) is 7. The van der Waals surface area contributed by atoms with Crippen LogP contribution in [0.3, 0.4) is 0 Å². The van der Waals surface area contributed by atoms with Crippen LogP contribution in [0.1, 0.15) is 22.8 Å². The molecule has 0 unspecified atom stereocenters. The summed E-state index contributed by atoms with van der Waals surface area (Å²) < 4.78 is 18.0. The van der Waals surface area contributed by atoms with E-state index >= 15 is 0 Å². The molecule has 202 valence electrons. The highest BCUT2D eigenvalue weighted by Gasteiger charge is 2.35. The van der Waals surface area contributed by atoms with Crippen LogP contribution in [0.2, 0.25) is 0 Å². The molecular formula is C31H24INO6S.